The van der Waals surface area contributed by atoms with Gasteiger partial charge in [0.05, 0.1) is 5.25 Å². The molecule has 1 aromatic carbocycles. The van der Waals surface area contributed by atoms with Gasteiger partial charge in [0.2, 0.25) is 0 Å². The molecular formula is C15H22FNO3S. The average Bonchev–Trinajstić information content (AvgIpc) is 2.42. The van der Waals surface area contributed by atoms with E-state index in [1.54, 1.807) is 12.1 Å². The second kappa shape index (κ2) is 6.75. The van der Waals surface area contributed by atoms with Gasteiger partial charge in [-0.2, -0.15) is 0 Å². The molecule has 1 aliphatic rings. The maximum atomic E-state index is 14.0. The van der Waals surface area contributed by atoms with Crippen LogP contribution in [0.4, 0.5) is 4.39 Å². The zero-order chi connectivity index (χ0) is 15.5. The second-order valence-corrected chi connectivity index (χ2v) is 7.99. The standard InChI is InChI=1S/C15H22FNO3S/c1-21(18,19)13-4-2-3-12(10-13)20-15-6-5-11(7-8-17)9-14(15)16/h5-6,9,12-13H,2-4,7-8,10,17H2,1H3. The highest BCUT2D eigenvalue weighted by Crippen LogP contribution is 2.29. The van der Waals surface area contributed by atoms with Gasteiger partial charge in [-0.15, -0.1) is 0 Å². The number of halogens is 1. The second-order valence-electron chi connectivity index (χ2n) is 5.66. The number of nitrogens with two attached hydrogens (primary N) is 1. The SMILES string of the molecule is CS(=O)(=O)C1CCCC(Oc2ccc(CCN)cc2F)C1. The fourth-order valence-corrected chi connectivity index (χ4v) is 3.90. The molecule has 1 aromatic rings. The molecule has 2 atom stereocenters. The van der Waals surface area contributed by atoms with Crippen LogP contribution in [0, 0.1) is 5.82 Å². The summed E-state index contributed by atoms with van der Waals surface area (Å²) in [6.07, 6.45) is 4.28. The monoisotopic (exact) mass is 315 g/mol. The van der Waals surface area contributed by atoms with Crippen LogP contribution in [0.5, 0.6) is 5.75 Å². The predicted molar refractivity (Wildman–Crippen MR) is 80.7 cm³/mol. The van der Waals surface area contributed by atoms with Gasteiger partial charge < -0.3 is 10.5 Å². The van der Waals surface area contributed by atoms with Crippen molar-refractivity contribution >= 4 is 9.84 Å². The Morgan fingerprint density at radius 1 is 1.38 bits per heavy atom. The lowest BCUT2D eigenvalue weighted by Crippen LogP contribution is -2.33. The average molecular weight is 315 g/mol. The minimum Gasteiger partial charge on any atom is -0.487 e. The molecule has 2 N–H and O–H groups in total. The molecule has 0 bridgehead atoms. The summed E-state index contributed by atoms with van der Waals surface area (Å²) in [7, 11) is -3.06. The number of ether oxygens (including phenoxy) is 1. The normalized spacial score (nSPS) is 23.0. The fraction of sp³-hybridized carbons (Fsp3) is 0.600. The molecule has 2 rings (SSSR count). The molecule has 2 unspecified atom stereocenters. The van der Waals surface area contributed by atoms with Crippen molar-refractivity contribution in [2.24, 2.45) is 5.73 Å². The van der Waals surface area contributed by atoms with Gasteiger partial charge in [-0.3, -0.25) is 0 Å². The molecule has 21 heavy (non-hydrogen) atoms. The van der Waals surface area contributed by atoms with Crippen LogP contribution in [0.3, 0.4) is 0 Å². The number of rotatable bonds is 5. The van der Waals surface area contributed by atoms with Crippen LogP contribution in [-0.2, 0) is 16.3 Å². The topological polar surface area (TPSA) is 69.4 Å². The number of hydrogen-bond donors (Lipinski definition) is 1. The Bertz CT molecular complexity index is 589. The van der Waals surface area contributed by atoms with Crippen molar-refractivity contribution in [2.75, 3.05) is 12.8 Å². The maximum absolute atomic E-state index is 14.0. The molecular weight excluding hydrogens is 293 g/mol. The molecule has 1 fully saturated rings. The highest BCUT2D eigenvalue weighted by molar-refractivity contribution is 7.91. The molecule has 118 valence electrons. The lowest BCUT2D eigenvalue weighted by atomic mass is 9.97. The van der Waals surface area contributed by atoms with E-state index in [0.717, 1.165) is 18.4 Å². The summed E-state index contributed by atoms with van der Waals surface area (Å²) < 4.78 is 42.9. The van der Waals surface area contributed by atoms with Gasteiger partial charge in [-0.1, -0.05) is 6.07 Å². The largest absolute Gasteiger partial charge is 0.487 e. The van der Waals surface area contributed by atoms with Crippen molar-refractivity contribution in [2.45, 2.75) is 43.5 Å². The molecule has 6 heteroatoms. The van der Waals surface area contributed by atoms with Crippen molar-refractivity contribution in [1.82, 2.24) is 0 Å². The summed E-state index contributed by atoms with van der Waals surface area (Å²) in [5.41, 5.74) is 6.28. The van der Waals surface area contributed by atoms with Gasteiger partial charge in [-0.25, -0.2) is 12.8 Å². The minimum absolute atomic E-state index is 0.190. The van der Waals surface area contributed by atoms with E-state index in [2.05, 4.69) is 0 Å². The molecule has 0 heterocycles. The van der Waals surface area contributed by atoms with Gasteiger partial charge >= 0.3 is 0 Å². The molecule has 0 radical (unpaired) electrons. The summed E-state index contributed by atoms with van der Waals surface area (Å²) in [5, 5.41) is -0.379. The van der Waals surface area contributed by atoms with E-state index in [-0.39, 0.29) is 17.1 Å². The molecule has 0 spiro atoms. The zero-order valence-corrected chi connectivity index (χ0v) is 13.0. The van der Waals surface area contributed by atoms with Crippen molar-refractivity contribution in [3.63, 3.8) is 0 Å². The van der Waals surface area contributed by atoms with Crippen LogP contribution in [0.25, 0.3) is 0 Å². The third kappa shape index (κ3) is 4.41. The maximum Gasteiger partial charge on any atom is 0.165 e. The molecule has 0 amide bonds. The van der Waals surface area contributed by atoms with Crippen molar-refractivity contribution in [3.8, 4) is 5.75 Å². The van der Waals surface area contributed by atoms with Crippen LogP contribution >= 0.6 is 0 Å². The van der Waals surface area contributed by atoms with Crippen LogP contribution in [0.2, 0.25) is 0 Å². The summed E-state index contributed by atoms with van der Waals surface area (Å²) in [6, 6.07) is 4.82. The highest BCUT2D eigenvalue weighted by Gasteiger charge is 2.30. The Kier molecular flexibility index (Phi) is 5.22. The van der Waals surface area contributed by atoms with E-state index >= 15 is 0 Å². The van der Waals surface area contributed by atoms with E-state index in [0.29, 0.717) is 25.8 Å². The number of hydrogen-bond acceptors (Lipinski definition) is 4. The molecule has 1 saturated carbocycles. The van der Waals surface area contributed by atoms with Crippen LogP contribution in [0.15, 0.2) is 18.2 Å². The van der Waals surface area contributed by atoms with Crippen LogP contribution in [-0.4, -0.2) is 32.6 Å². The van der Waals surface area contributed by atoms with Gasteiger partial charge in [-0.05, 0) is 49.9 Å². The fourth-order valence-electron chi connectivity index (χ4n) is 2.74. The summed E-state index contributed by atoms with van der Waals surface area (Å²) >= 11 is 0. The van der Waals surface area contributed by atoms with Gasteiger partial charge in [0.25, 0.3) is 0 Å². The first-order valence-electron chi connectivity index (χ1n) is 7.24. The van der Waals surface area contributed by atoms with Crippen LogP contribution < -0.4 is 10.5 Å². The predicted octanol–water partition coefficient (Wildman–Crippen LogP) is 2.06. The Balaban J connectivity index is 2.04. The first kappa shape index (κ1) is 16.2. The summed E-state index contributed by atoms with van der Waals surface area (Å²) in [6.45, 7) is 0.471. The Morgan fingerprint density at radius 2 is 2.14 bits per heavy atom. The van der Waals surface area contributed by atoms with Gasteiger partial charge in [0, 0.05) is 12.7 Å². The van der Waals surface area contributed by atoms with Gasteiger partial charge in [0.1, 0.15) is 15.9 Å². The first-order valence-corrected chi connectivity index (χ1v) is 9.19. The third-order valence-electron chi connectivity index (χ3n) is 3.91. The quantitative estimate of drug-likeness (QED) is 0.903. The smallest absolute Gasteiger partial charge is 0.165 e. The number of benzene rings is 1. The molecule has 0 aliphatic heterocycles. The van der Waals surface area contributed by atoms with E-state index in [9.17, 15) is 12.8 Å². The van der Waals surface area contributed by atoms with Crippen molar-refractivity contribution in [1.29, 1.82) is 0 Å². The minimum atomic E-state index is -3.06. The van der Waals surface area contributed by atoms with E-state index in [4.69, 9.17) is 10.5 Å². The van der Waals surface area contributed by atoms with Crippen molar-refractivity contribution < 1.29 is 17.5 Å². The molecule has 1 aliphatic carbocycles. The highest BCUT2D eigenvalue weighted by atomic mass is 32.2. The Morgan fingerprint density at radius 3 is 2.76 bits per heavy atom. The first-order chi connectivity index (χ1) is 9.90. The lowest BCUT2D eigenvalue weighted by Gasteiger charge is -2.28. The third-order valence-corrected chi connectivity index (χ3v) is 5.55. The van der Waals surface area contributed by atoms with Crippen LogP contribution in [0.1, 0.15) is 31.2 Å². The zero-order valence-electron chi connectivity index (χ0n) is 12.2. The molecule has 0 aromatic heterocycles. The Hall–Kier alpha value is -1.14. The lowest BCUT2D eigenvalue weighted by molar-refractivity contribution is 0.150. The van der Waals surface area contributed by atoms with Gasteiger partial charge in [0.15, 0.2) is 11.6 Å². The van der Waals surface area contributed by atoms with Crippen molar-refractivity contribution in [3.05, 3.63) is 29.6 Å². The Labute approximate surface area is 125 Å². The van der Waals surface area contributed by atoms with E-state index < -0.39 is 15.7 Å². The molecule has 0 saturated heterocycles. The van der Waals surface area contributed by atoms with E-state index in [1.807, 2.05) is 0 Å². The number of sulfone groups is 1. The summed E-state index contributed by atoms with van der Waals surface area (Å²) in [5.74, 6) is -0.225. The van der Waals surface area contributed by atoms with E-state index in [1.165, 1.54) is 12.3 Å². The molecule has 4 nitrogen and oxygen atoms in total. The summed E-state index contributed by atoms with van der Waals surface area (Å²) in [4.78, 5) is 0.